The number of aryl methyl sites for hydroxylation is 2. The third-order valence-electron chi connectivity index (χ3n) is 4.18. The van der Waals surface area contributed by atoms with Crippen molar-refractivity contribution >= 4 is 23.3 Å². The number of aliphatic carboxylic acids is 1. The van der Waals surface area contributed by atoms with Crippen LogP contribution in [0.25, 0.3) is 0 Å². The number of carbonyl (C=O) groups excluding carboxylic acids is 1. The molecule has 122 valence electrons. The highest BCUT2D eigenvalue weighted by atomic mass is 32.1. The predicted octanol–water partition coefficient (Wildman–Crippen LogP) is 3.18. The first-order chi connectivity index (χ1) is 10.3. The number of hydrogen-bond acceptors (Lipinski definition) is 3. The van der Waals surface area contributed by atoms with Crippen molar-refractivity contribution in [1.82, 2.24) is 10.2 Å². The topological polar surface area (TPSA) is 69.6 Å². The van der Waals surface area contributed by atoms with Crippen LogP contribution in [0.15, 0.2) is 6.07 Å². The van der Waals surface area contributed by atoms with Crippen LogP contribution in [0.5, 0.6) is 0 Å². The molecule has 1 aromatic rings. The fourth-order valence-corrected chi connectivity index (χ4v) is 4.15. The average molecular weight is 324 g/mol. The molecular weight excluding hydrogens is 300 g/mol. The number of carboxylic acid groups (broad SMARTS) is 1. The van der Waals surface area contributed by atoms with E-state index in [0.717, 1.165) is 5.56 Å². The second-order valence-corrected chi connectivity index (χ2v) is 7.78. The van der Waals surface area contributed by atoms with Crippen molar-refractivity contribution < 1.29 is 14.7 Å². The van der Waals surface area contributed by atoms with Crippen molar-refractivity contribution in [3.8, 4) is 0 Å². The molecule has 0 aliphatic carbocycles. The monoisotopic (exact) mass is 324 g/mol. The molecule has 0 spiro atoms. The standard InChI is InChI=1S/C16H24N2O3S/c1-9-5-13(15(19)20)8-18(7-9)16(21)17-11(3)14-6-10(2)22-12(14)4/h6,9,11,13H,5,7-8H2,1-4H3,(H,17,21)(H,19,20). The van der Waals surface area contributed by atoms with Crippen molar-refractivity contribution in [2.75, 3.05) is 13.1 Å². The number of rotatable bonds is 3. The zero-order valence-corrected chi connectivity index (χ0v) is 14.4. The molecule has 2 amide bonds. The van der Waals surface area contributed by atoms with Crippen LogP contribution in [-0.4, -0.2) is 35.1 Å². The molecule has 2 rings (SSSR count). The number of carbonyl (C=O) groups is 2. The van der Waals surface area contributed by atoms with Gasteiger partial charge in [0.15, 0.2) is 0 Å². The minimum atomic E-state index is -0.818. The summed E-state index contributed by atoms with van der Waals surface area (Å²) in [5.74, 6) is -1.07. The van der Waals surface area contributed by atoms with Crippen LogP contribution in [0.3, 0.4) is 0 Å². The second kappa shape index (κ2) is 6.69. The summed E-state index contributed by atoms with van der Waals surface area (Å²) in [6.07, 6.45) is 0.636. The smallest absolute Gasteiger partial charge is 0.317 e. The van der Waals surface area contributed by atoms with Crippen molar-refractivity contribution in [3.63, 3.8) is 0 Å². The molecule has 1 fully saturated rings. The fraction of sp³-hybridized carbons (Fsp3) is 0.625. The third kappa shape index (κ3) is 3.80. The lowest BCUT2D eigenvalue weighted by atomic mass is 9.91. The Hall–Kier alpha value is -1.56. The number of hydrogen-bond donors (Lipinski definition) is 2. The SMILES string of the molecule is Cc1cc(C(C)NC(=O)N2CC(C)CC(C(=O)O)C2)c(C)s1. The molecule has 0 bridgehead atoms. The summed E-state index contributed by atoms with van der Waals surface area (Å²) in [5.41, 5.74) is 1.13. The van der Waals surface area contributed by atoms with Crippen LogP contribution < -0.4 is 5.32 Å². The van der Waals surface area contributed by atoms with Gasteiger partial charge in [-0.1, -0.05) is 6.92 Å². The van der Waals surface area contributed by atoms with Crippen LogP contribution in [0.2, 0.25) is 0 Å². The molecule has 0 aromatic carbocycles. The van der Waals surface area contributed by atoms with E-state index in [-0.39, 0.29) is 18.0 Å². The molecule has 0 saturated carbocycles. The molecule has 0 radical (unpaired) electrons. The lowest BCUT2D eigenvalue weighted by Gasteiger charge is -2.35. The van der Waals surface area contributed by atoms with Gasteiger partial charge in [-0.25, -0.2) is 4.79 Å². The van der Waals surface area contributed by atoms with Crippen LogP contribution in [0.1, 0.15) is 41.6 Å². The van der Waals surface area contributed by atoms with Crippen LogP contribution in [0, 0.1) is 25.7 Å². The number of amides is 2. The van der Waals surface area contributed by atoms with Crippen molar-refractivity contribution in [1.29, 1.82) is 0 Å². The van der Waals surface area contributed by atoms with E-state index < -0.39 is 11.9 Å². The number of carboxylic acids is 1. The van der Waals surface area contributed by atoms with Gasteiger partial charge in [0.1, 0.15) is 0 Å². The van der Waals surface area contributed by atoms with E-state index in [1.165, 1.54) is 9.75 Å². The summed E-state index contributed by atoms with van der Waals surface area (Å²) >= 11 is 1.72. The molecule has 1 aromatic heterocycles. The number of thiophene rings is 1. The van der Waals surface area contributed by atoms with Gasteiger partial charge in [0.05, 0.1) is 12.0 Å². The van der Waals surface area contributed by atoms with Crippen LogP contribution in [0.4, 0.5) is 4.79 Å². The Morgan fingerprint density at radius 3 is 2.64 bits per heavy atom. The quantitative estimate of drug-likeness (QED) is 0.897. The van der Waals surface area contributed by atoms with Gasteiger partial charge in [-0.15, -0.1) is 11.3 Å². The fourth-order valence-electron chi connectivity index (χ4n) is 3.13. The van der Waals surface area contributed by atoms with Gasteiger partial charge >= 0.3 is 12.0 Å². The molecule has 5 nitrogen and oxygen atoms in total. The van der Waals surface area contributed by atoms with E-state index >= 15 is 0 Å². The Labute approximate surface area is 135 Å². The maximum absolute atomic E-state index is 12.4. The van der Waals surface area contributed by atoms with Crippen molar-refractivity contribution in [2.45, 2.75) is 40.2 Å². The van der Waals surface area contributed by atoms with E-state index in [4.69, 9.17) is 0 Å². The average Bonchev–Trinajstić information content (AvgIpc) is 2.77. The Morgan fingerprint density at radius 2 is 2.09 bits per heavy atom. The first kappa shape index (κ1) is 16.8. The molecule has 22 heavy (non-hydrogen) atoms. The zero-order chi connectivity index (χ0) is 16.4. The minimum absolute atomic E-state index is 0.0713. The summed E-state index contributed by atoms with van der Waals surface area (Å²) in [6, 6.07) is 1.86. The van der Waals surface area contributed by atoms with Crippen LogP contribution in [-0.2, 0) is 4.79 Å². The molecule has 2 N–H and O–H groups in total. The molecule has 1 aliphatic rings. The molecular formula is C16H24N2O3S. The van der Waals surface area contributed by atoms with Gasteiger partial charge in [-0.05, 0) is 44.7 Å². The highest BCUT2D eigenvalue weighted by Gasteiger charge is 2.32. The lowest BCUT2D eigenvalue weighted by Crippen LogP contribution is -2.49. The Balaban J connectivity index is 2.02. The number of likely N-dealkylation sites (tertiary alicyclic amines) is 1. The number of urea groups is 1. The van der Waals surface area contributed by atoms with Gasteiger partial charge in [-0.2, -0.15) is 0 Å². The van der Waals surface area contributed by atoms with Crippen LogP contribution >= 0.6 is 11.3 Å². The van der Waals surface area contributed by atoms with E-state index in [2.05, 4.69) is 25.2 Å². The highest BCUT2D eigenvalue weighted by Crippen LogP contribution is 2.27. The maximum atomic E-state index is 12.4. The summed E-state index contributed by atoms with van der Waals surface area (Å²) in [5, 5.41) is 12.2. The van der Waals surface area contributed by atoms with Gasteiger partial charge in [0.25, 0.3) is 0 Å². The number of nitrogens with zero attached hydrogens (tertiary/aromatic N) is 1. The zero-order valence-electron chi connectivity index (χ0n) is 13.5. The molecule has 6 heteroatoms. The number of nitrogens with one attached hydrogen (secondary N) is 1. The minimum Gasteiger partial charge on any atom is -0.481 e. The normalized spacial score (nSPS) is 23.2. The van der Waals surface area contributed by atoms with Crippen molar-refractivity contribution in [3.05, 3.63) is 21.4 Å². The molecule has 3 unspecified atom stereocenters. The first-order valence-corrected chi connectivity index (χ1v) is 8.44. The highest BCUT2D eigenvalue weighted by molar-refractivity contribution is 7.12. The van der Waals surface area contributed by atoms with Gasteiger partial charge < -0.3 is 15.3 Å². The molecule has 2 heterocycles. The Morgan fingerprint density at radius 1 is 1.41 bits per heavy atom. The van der Waals surface area contributed by atoms with E-state index in [1.807, 2.05) is 13.8 Å². The Kier molecular flexibility index (Phi) is 5.11. The largest absolute Gasteiger partial charge is 0.481 e. The summed E-state index contributed by atoms with van der Waals surface area (Å²) in [4.78, 5) is 27.7. The summed E-state index contributed by atoms with van der Waals surface area (Å²) in [7, 11) is 0. The van der Waals surface area contributed by atoms with E-state index in [1.54, 1.807) is 16.2 Å². The third-order valence-corrected chi connectivity index (χ3v) is 5.16. The molecule has 1 aliphatic heterocycles. The van der Waals surface area contributed by atoms with Gasteiger partial charge in [0, 0.05) is 22.8 Å². The Bertz CT molecular complexity index is 570. The number of piperidine rings is 1. The van der Waals surface area contributed by atoms with Gasteiger partial charge in [-0.3, -0.25) is 4.79 Å². The predicted molar refractivity (Wildman–Crippen MR) is 87.2 cm³/mol. The molecule has 3 atom stereocenters. The van der Waals surface area contributed by atoms with Gasteiger partial charge in [0.2, 0.25) is 0 Å². The maximum Gasteiger partial charge on any atom is 0.317 e. The van der Waals surface area contributed by atoms with Crippen molar-refractivity contribution in [2.24, 2.45) is 11.8 Å². The summed E-state index contributed by atoms with van der Waals surface area (Å²) < 4.78 is 0. The van der Waals surface area contributed by atoms with E-state index in [0.29, 0.717) is 19.5 Å². The summed E-state index contributed by atoms with van der Waals surface area (Å²) in [6.45, 7) is 8.97. The van der Waals surface area contributed by atoms with E-state index in [9.17, 15) is 14.7 Å². The second-order valence-electron chi connectivity index (χ2n) is 6.32. The molecule has 1 saturated heterocycles. The first-order valence-electron chi connectivity index (χ1n) is 7.63. The lowest BCUT2D eigenvalue weighted by molar-refractivity contribution is -0.143.